The van der Waals surface area contributed by atoms with Crippen LogP contribution in [-0.2, 0) is 0 Å². The summed E-state index contributed by atoms with van der Waals surface area (Å²) >= 11 is 7.25. The Bertz CT molecular complexity index is 640. The molecule has 98 valence electrons. The lowest BCUT2D eigenvalue weighted by Gasteiger charge is -2.04. The number of aromatic carboxylic acids is 1. The Morgan fingerprint density at radius 1 is 1.42 bits per heavy atom. The average molecular weight is 296 g/mol. The summed E-state index contributed by atoms with van der Waals surface area (Å²) in [5.41, 5.74) is 0.936. The normalized spacial score (nSPS) is 14.4. The highest BCUT2D eigenvalue weighted by atomic mass is 35.5. The molecule has 0 spiro atoms. The van der Waals surface area contributed by atoms with E-state index in [1.54, 1.807) is 6.07 Å². The summed E-state index contributed by atoms with van der Waals surface area (Å²) in [6, 6.07) is 3.14. The van der Waals surface area contributed by atoms with Gasteiger partial charge in [-0.1, -0.05) is 11.6 Å². The van der Waals surface area contributed by atoms with E-state index in [0.717, 1.165) is 5.69 Å². The first kappa shape index (κ1) is 12.4. The van der Waals surface area contributed by atoms with E-state index in [4.69, 9.17) is 16.7 Å². The molecule has 0 aromatic carbocycles. The molecule has 0 amide bonds. The number of anilines is 2. The van der Waals surface area contributed by atoms with Gasteiger partial charge in [-0.15, -0.1) is 11.3 Å². The van der Waals surface area contributed by atoms with Gasteiger partial charge in [-0.2, -0.15) is 0 Å². The van der Waals surface area contributed by atoms with Crippen molar-refractivity contribution >= 4 is 39.9 Å². The van der Waals surface area contributed by atoms with Gasteiger partial charge in [0.25, 0.3) is 0 Å². The summed E-state index contributed by atoms with van der Waals surface area (Å²) in [4.78, 5) is 19.4. The van der Waals surface area contributed by atoms with Gasteiger partial charge in [0, 0.05) is 11.3 Å². The van der Waals surface area contributed by atoms with E-state index in [0.29, 0.717) is 16.9 Å². The zero-order chi connectivity index (χ0) is 13.4. The summed E-state index contributed by atoms with van der Waals surface area (Å²) in [6.45, 7) is 0. The minimum Gasteiger partial charge on any atom is -0.476 e. The van der Waals surface area contributed by atoms with E-state index >= 15 is 0 Å². The maximum atomic E-state index is 10.9. The third kappa shape index (κ3) is 2.69. The molecule has 2 aromatic rings. The van der Waals surface area contributed by atoms with Gasteiger partial charge < -0.3 is 10.4 Å². The Labute approximate surface area is 118 Å². The third-order valence-electron chi connectivity index (χ3n) is 2.80. The van der Waals surface area contributed by atoms with E-state index in [1.807, 2.05) is 5.38 Å². The number of rotatable bonds is 4. The molecular weight excluding hydrogens is 286 g/mol. The monoisotopic (exact) mass is 295 g/mol. The van der Waals surface area contributed by atoms with Crippen LogP contribution in [0.2, 0.25) is 5.02 Å². The number of pyridine rings is 1. The molecule has 2 N–H and O–H groups in total. The molecular formula is C12H10ClN3O2S. The molecule has 0 aliphatic heterocycles. The van der Waals surface area contributed by atoms with Gasteiger partial charge in [-0.3, -0.25) is 0 Å². The molecule has 1 aliphatic rings. The molecule has 0 unspecified atom stereocenters. The molecule has 1 saturated carbocycles. The molecule has 7 heteroatoms. The Morgan fingerprint density at radius 2 is 2.21 bits per heavy atom. The zero-order valence-electron chi connectivity index (χ0n) is 9.76. The number of thiazole rings is 1. The first-order chi connectivity index (χ1) is 9.13. The predicted octanol–water partition coefficient (Wildman–Crippen LogP) is 3.51. The molecule has 0 radical (unpaired) electrons. The van der Waals surface area contributed by atoms with Crippen molar-refractivity contribution in [3.63, 3.8) is 0 Å². The molecule has 1 fully saturated rings. The second-order valence-corrected chi connectivity index (χ2v) is 5.57. The maximum absolute atomic E-state index is 10.9. The van der Waals surface area contributed by atoms with Gasteiger partial charge in [-0.05, 0) is 25.0 Å². The van der Waals surface area contributed by atoms with E-state index in [9.17, 15) is 4.79 Å². The lowest BCUT2D eigenvalue weighted by molar-refractivity contribution is 0.0691. The van der Waals surface area contributed by atoms with E-state index in [-0.39, 0.29) is 10.7 Å². The number of hydrogen-bond acceptors (Lipinski definition) is 5. The second kappa shape index (κ2) is 4.79. The second-order valence-electron chi connectivity index (χ2n) is 4.31. The van der Waals surface area contributed by atoms with Crippen LogP contribution in [0, 0.1) is 0 Å². The molecule has 2 heterocycles. The number of hydrogen-bond donors (Lipinski definition) is 2. The van der Waals surface area contributed by atoms with Crippen LogP contribution < -0.4 is 5.32 Å². The van der Waals surface area contributed by atoms with Gasteiger partial charge in [0.15, 0.2) is 10.8 Å². The fourth-order valence-electron chi connectivity index (χ4n) is 1.68. The van der Waals surface area contributed by atoms with Crippen LogP contribution in [0.25, 0.3) is 0 Å². The van der Waals surface area contributed by atoms with Gasteiger partial charge >= 0.3 is 5.97 Å². The molecule has 2 aromatic heterocycles. The average Bonchev–Trinajstić information content (AvgIpc) is 3.12. The van der Waals surface area contributed by atoms with Crippen molar-refractivity contribution in [2.45, 2.75) is 18.8 Å². The van der Waals surface area contributed by atoms with Crippen molar-refractivity contribution < 1.29 is 9.90 Å². The standard InChI is InChI=1S/C12H10ClN3O2S/c13-7-3-4-9(15-10(7)11(17)18)16-12-14-8(5-19-12)6-1-2-6/h3-6H,1-2H2,(H,17,18)(H,14,15,16). The fourth-order valence-corrected chi connectivity index (χ4v) is 2.67. The molecule has 3 rings (SSSR count). The van der Waals surface area contributed by atoms with Gasteiger partial charge in [0.2, 0.25) is 0 Å². The van der Waals surface area contributed by atoms with Crippen LogP contribution in [0.5, 0.6) is 0 Å². The Morgan fingerprint density at radius 3 is 2.89 bits per heavy atom. The topological polar surface area (TPSA) is 75.1 Å². The van der Waals surface area contributed by atoms with Gasteiger partial charge in [0.05, 0.1) is 10.7 Å². The zero-order valence-corrected chi connectivity index (χ0v) is 11.3. The van der Waals surface area contributed by atoms with Crippen LogP contribution in [-0.4, -0.2) is 21.0 Å². The van der Waals surface area contributed by atoms with Crippen molar-refractivity contribution in [3.05, 3.63) is 33.9 Å². The van der Waals surface area contributed by atoms with Crippen molar-refractivity contribution in [3.8, 4) is 0 Å². The van der Waals surface area contributed by atoms with Gasteiger partial charge in [0.1, 0.15) is 5.82 Å². The highest BCUT2D eigenvalue weighted by Gasteiger charge is 2.26. The third-order valence-corrected chi connectivity index (χ3v) is 3.88. The van der Waals surface area contributed by atoms with Crippen LogP contribution in [0.15, 0.2) is 17.5 Å². The Kier molecular flexibility index (Phi) is 3.12. The highest BCUT2D eigenvalue weighted by Crippen LogP contribution is 2.41. The first-order valence-electron chi connectivity index (χ1n) is 5.76. The number of nitrogens with zero attached hydrogens (tertiary/aromatic N) is 2. The summed E-state index contributed by atoms with van der Waals surface area (Å²) in [5, 5.41) is 14.8. The summed E-state index contributed by atoms with van der Waals surface area (Å²) in [5.74, 6) is -0.121. The van der Waals surface area contributed by atoms with Crippen LogP contribution in [0.3, 0.4) is 0 Å². The van der Waals surface area contributed by atoms with Crippen LogP contribution in [0.4, 0.5) is 10.9 Å². The number of carbonyl (C=O) groups is 1. The quantitative estimate of drug-likeness (QED) is 0.903. The number of nitrogens with one attached hydrogen (secondary N) is 1. The van der Waals surface area contributed by atoms with Crippen LogP contribution >= 0.6 is 22.9 Å². The first-order valence-corrected chi connectivity index (χ1v) is 7.01. The highest BCUT2D eigenvalue weighted by molar-refractivity contribution is 7.13. The molecule has 0 saturated heterocycles. The predicted molar refractivity (Wildman–Crippen MR) is 73.6 cm³/mol. The van der Waals surface area contributed by atoms with E-state index in [2.05, 4.69) is 15.3 Å². The van der Waals surface area contributed by atoms with Crippen molar-refractivity contribution in [2.24, 2.45) is 0 Å². The van der Waals surface area contributed by atoms with E-state index in [1.165, 1.54) is 30.2 Å². The Balaban J connectivity index is 1.81. The molecule has 5 nitrogen and oxygen atoms in total. The van der Waals surface area contributed by atoms with Gasteiger partial charge in [-0.25, -0.2) is 14.8 Å². The van der Waals surface area contributed by atoms with Crippen molar-refractivity contribution in [1.82, 2.24) is 9.97 Å². The smallest absolute Gasteiger partial charge is 0.356 e. The summed E-state index contributed by atoms with van der Waals surface area (Å²) in [6.07, 6.45) is 2.40. The number of carboxylic acids is 1. The fraction of sp³-hybridized carbons (Fsp3) is 0.250. The molecule has 0 bridgehead atoms. The number of halogens is 1. The lowest BCUT2D eigenvalue weighted by Crippen LogP contribution is -2.04. The van der Waals surface area contributed by atoms with Crippen LogP contribution in [0.1, 0.15) is 34.9 Å². The van der Waals surface area contributed by atoms with Crippen molar-refractivity contribution in [1.29, 1.82) is 0 Å². The lowest BCUT2D eigenvalue weighted by atomic mass is 10.3. The molecule has 0 atom stereocenters. The SMILES string of the molecule is O=C(O)c1nc(Nc2nc(C3CC3)cs2)ccc1Cl. The largest absolute Gasteiger partial charge is 0.476 e. The van der Waals surface area contributed by atoms with E-state index < -0.39 is 5.97 Å². The Hall–Kier alpha value is -1.66. The maximum Gasteiger partial charge on any atom is 0.356 e. The van der Waals surface area contributed by atoms with Crippen molar-refractivity contribution in [2.75, 3.05) is 5.32 Å². The summed E-state index contributed by atoms with van der Waals surface area (Å²) < 4.78 is 0. The minimum absolute atomic E-state index is 0.121. The molecule has 1 aliphatic carbocycles. The number of carboxylic acid groups (broad SMARTS) is 1. The minimum atomic E-state index is -1.15. The number of aromatic nitrogens is 2. The summed E-state index contributed by atoms with van der Waals surface area (Å²) in [7, 11) is 0. The molecule has 19 heavy (non-hydrogen) atoms.